The number of nitrogens with one attached hydrogen (secondary N) is 1. The van der Waals surface area contributed by atoms with Gasteiger partial charge in [0.1, 0.15) is 0 Å². The number of rotatable bonds is 5. The Hall–Kier alpha value is -0.380. The average molecular weight is 239 g/mol. The molecule has 0 aromatic carbocycles. The van der Waals surface area contributed by atoms with Crippen LogP contribution >= 0.6 is 11.3 Å². The molecule has 1 N–H and O–H groups in total. The highest BCUT2D eigenvalue weighted by Crippen LogP contribution is 2.22. The topological polar surface area (TPSA) is 21.3 Å². The SMILES string of the molecule is CCNC1CCOCC1CCc1cccs1. The Morgan fingerprint density at radius 3 is 3.25 bits per heavy atom. The van der Waals surface area contributed by atoms with Crippen LogP contribution in [0.2, 0.25) is 0 Å². The van der Waals surface area contributed by atoms with Crippen LogP contribution in [0.15, 0.2) is 17.5 Å². The molecule has 2 atom stereocenters. The van der Waals surface area contributed by atoms with Crippen molar-refractivity contribution in [1.82, 2.24) is 5.32 Å². The molecule has 1 fully saturated rings. The van der Waals surface area contributed by atoms with Crippen molar-refractivity contribution in [1.29, 1.82) is 0 Å². The third-order valence-electron chi connectivity index (χ3n) is 3.28. The van der Waals surface area contributed by atoms with Gasteiger partial charge in [-0.2, -0.15) is 0 Å². The van der Waals surface area contributed by atoms with Crippen LogP contribution in [0.25, 0.3) is 0 Å². The Labute approximate surface area is 102 Å². The summed E-state index contributed by atoms with van der Waals surface area (Å²) in [6, 6.07) is 5.04. The molecule has 1 aromatic rings. The van der Waals surface area contributed by atoms with Crippen molar-refractivity contribution in [3.8, 4) is 0 Å². The Balaban J connectivity index is 1.81. The molecule has 0 radical (unpaired) electrons. The molecule has 2 unspecified atom stereocenters. The van der Waals surface area contributed by atoms with Gasteiger partial charge in [0.05, 0.1) is 6.61 Å². The first-order valence-electron chi connectivity index (χ1n) is 6.23. The summed E-state index contributed by atoms with van der Waals surface area (Å²) in [5.74, 6) is 0.691. The summed E-state index contributed by atoms with van der Waals surface area (Å²) in [6.45, 7) is 5.11. The van der Waals surface area contributed by atoms with Crippen molar-refractivity contribution in [2.45, 2.75) is 32.2 Å². The molecule has 1 aliphatic rings. The van der Waals surface area contributed by atoms with Gasteiger partial charge in [-0.1, -0.05) is 13.0 Å². The summed E-state index contributed by atoms with van der Waals surface area (Å²) in [6.07, 6.45) is 3.62. The molecule has 0 saturated carbocycles. The number of hydrogen-bond donors (Lipinski definition) is 1. The lowest BCUT2D eigenvalue weighted by atomic mass is 9.91. The zero-order valence-electron chi connectivity index (χ0n) is 9.95. The van der Waals surface area contributed by atoms with Gasteiger partial charge in [0.25, 0.3) is 0 Å². The highest BCUT2D eigenvalue weighted by Gasteiger charge is 2.24. The first-order valence-corrected chi connectivity index (χ1v) is 7.11. The summed E-state index contributed by atoms with van der Waals surface area (Å²) in [7, 11) is 0. The lowest BCUT2D eigenvalue weighted by Crippen LogP contribution is -2.42. The van der Waals surface area contributed by atoms with E-state index < -0.39 is 0 Å². The predicted octanol–water partition coefficient (Wildman–Crippen LogP) is 2.70. The van der Waals surface area contributed by atoms with Crippen LogP contribution in [0, 0.1) is 5.92 Å². The van der Waals surface area contributed by atoms with Gasteiger partial charge in [0.15, 0.2) is 0 Å². The fourth-order valence-electron chi connectivity index (χ4n) is 2.39. The molecule has 3 heteroatoms. The molecular weight excluding hydrogens is 218 g/mol. The van der Waals surface area contributed by atoms with Crippen LogP contribution in [-0.4, -0.2) is 25.8 Å². The molecule has 90 valence electrons. The molecular formula is C13H21NOS. The first kappa shape index (κ1) is 12.1. The average Bonchev–Trinajstić information content (AvgIpc) is 2.81. The normalized spacial score (nSPS) is 25.8. The van der Waals surface area contributed by atoms with E-state index in [2.05, 4.69) is 29.8 Å². The Morgan fingerprint density at radius 2 is 2.50 bits per heavy atom. The monoisotopic (exact) mass is 239 g/mol. The lowest BCUT2D eigenvalue weighted by molar-refractivity contribution is 0.0294. The minimum absolute atomic E-state index is 0.665. The van der Waals surface area contributed by atoms with Crippen molar-refractivity contribution < 1.29 is 4.74 Å². The standard InChI is InChI=1S/C13H21NOS/c1-2-14-13-7-8-15-10-11(13)5-6-12-4-3-9-16-12/h3-4,9,11,13-14H,2,5-8,10H2,1H3. The first-order chi connectivity index (χ1) is 7.90. The Bertz CT molecular complexity index is 284. The van der Waals surface area contributed by atoms with Crippen molar-refractivity contribution in [3.05, 3.63) is 22.4 Å². The number of thiophene rings is 1. The summed E-state index contributed by atoms with van der Waals surface area (Å²) >= 11 is 1.86. The molecule has 0 aliphatic carbocycles. The van der Waals surface area contributed by atoms with E-state index in [0.29, 0.717) is 12.0 Å². The van der Waals surface area contributed by atoms with E-state index in [9.17, 15) is 0 Å². The second kappa shape index (κ2) is 6.38. The van der Waals surface area contributed by atoms with Gasteiger partial charge in [-0.25, -0.2) is 0 Å². The van der Waals surface area contributed by atoms with Gasteiger partial charge in [0, 0.05) is 17.5 Å². The van der Waals surface area contributed by atoms with E-state index in [0.717, 1.165) is 19.8 Å². The van der Waals surface area contributed by atoms with E-state index >= 15 is 0 Å². The van der Waals surface area contributed by atoms with Crippen LogP contribution in [0.4, 0.5) is 0 Å². The van der Waals surface area contributed by atoms with Crippen LogP contribution in [0.5, 0.6) is 0 Å². The minimum Gasteiger partial charge on any atom is -0.381 e. The lowest BCUT2D eigenvalue weighted by Gasteiger charge is -2.32. The fraction of sp³-hybridized carbons (Fsp3) is 0.692. The van der Waals surface area contributed by atoms with E-state index in [4.69, 9.17) is 4.74 Å². The van der Waals surface area contributed by atoms with Crippen molar-refractivity contribution in [3.63, 3.8) is 0 Å². The number of aryl methyl sites for hydroxylation is 1. The zero-order valence-corrected chi connectivity index (χ0v) is 10.8. The summed E-state index contributed by atoms with van der Waals surface area (Å²) in [5.41, 5.74) is 0. The molecule has 2 nitrogen and oxygen atoms in total. The van der Waals surface area contributed by atoms with Crippen LogP contribution in [0.3, 0.4) is 0 Å². The van der Waals surface area contributed by atoms with Gasteiger partial charge in [-0.15, -0.1) is 11.3 Å². The number of hydrogen-bond acceptors (Lipinski definition) is 3. The molecule has 0 bridgehead atoms. The molecule has 0 amide bonds. The van der Waals surface area contributed by atoms with Gasteiger partial charge >= 0.3 is 0 Å². The van der Waals surface area contributed by atoms with E-state index in [1.54, 1.807) is 0 Å². The molecule has 1 saturated heterocycles. The molecule has 16 heavy (non-hydrogen) atoms. The Kier molecular flexibility index (Phi) is 4.82. The third kappa shape index (κ3) is 3.30. The second-order valence-corrected chi connectivity index (χ2v) is 5.44. The van der Waals surface area contributed by atoms with Gasteiger partial charge in [-0.05, 0) is 43.2 Å². The van der Waals surface area contributed by atoms with Crippen LogP contribution in [-0.2, 0) is 11.2 Å². The van der Waals surface area contributed by atoms with Gasteiger partial charge in [0.2, 0.25) is 0 Å². The Morgan fingerprint density at radius 1 is 1.56 bits per heavy atom. The predicted molar refractivity (Wildman–Crippen MR) is 69.0 cm³/mol. The van der Waals surface area contributed by atoms with Crippen LogP contribution in [0.1, 0.15) is 24.6 Å². The second-order valence-electron chi connectivity index (χ2n) is 4.41. The maximum Gasteiger partial charge on any atom is 0.0509 e. The van der Waals surface area contributed by atoms with Crippen molar-refractivity contribution in [2.24, 2.45) is 5.92 Å². The van der Waals surface area contributed by atoms with Crippen molar-refractivity contribution >= 4 is 11.3 Å². The smallest absolute Gasteiger partial charge is 0.0509 e. The fourth-order valence-corrected chi connectivity index (χ4v) is 3.12. The third-order valence-corrected chi connectivity index (χ3v) is 4.22. The molecule has 0 spiro atoms. The van der Waals surface area contributed by atoms with Crippen molar-refractivity contribution in [2.75, 3.05) is 19.8 Å². The van der Waals surface area contributed by atoms with E-state index in [1.165, 1.54) is 24.1 Å². The quantitative estimate of drug-likeness (QED) is 0.853. The van der Waals surface area contributed by atoms with E-state index in [1.807, 2.05) is 11.3 Å². The largest absolute Gasteiger partial charge is 0.381 e. The van der Waals surface area contributed by atoms with E-state index in [-0.39, 0.29) is 0 Å². The molecule has 2 rings (SSSR count). The highest BCUT2D eigenvalue weighted by atomic mass is 32.1. The van der Waals surface area contributed by atoms with Crippen LogP contribution < -0.4 is 5.32 Å². The molecule has 1 aromatic heterocycles. The van der Waals surface area contributed by atoms with Gasteiger partial charge in [-0.3, -0.25) is 0 Å². The number of ether oxygens (including phenoxy) is 1. The highest BCUT2D eigenvalue weighted by molar-refractivity contribution is 7.09. The van der Waals surface area contributed by atoms with Gasteiger partial charge < -0.3 is 10.1 Å². The summed E-state index contributed by atoms with van der Waals surface area (Å²) in [4.78, 5) is 1.50. The maximum absolute atomic E-state index is 5.59. The molecule has 2 heterocycles. The maximum atomic E-state index is 5.59. The summed E-state index contributed by atoms with van der Waals surface area (Å²) < 4.78 is 5.59. The summed E-state index contributed by atoms with van der Waals surface area (Å²) in [5, 5.41) is 5.75. The molecule has 1 aliphatic heterocycles. The minimum atomic E-state index is 0.665. The zero-order chi connectivity index (χ0) is 11.2.